The molecule has 1 saturated heterocycles. The number of H-pyrrole nitrogens is 1. The van der Waals surface area contributed by atoms with Crippen molar-refractivity contribution in [2.45, 2.75) is 24.3 Å². The van der Waals surface area contributed by atoms with Gasteiger partial charge in [-0.1, -0.05) is 12.2 Å². The molecule has 4 N–H and O–H groups in total. The average molecular weight is 296 g/mol. The Labute approximate surface area is 109 Å². The van der Waals surface area contributed by atoms with Gasteiger partial charge in [-0.05, 0) is 0 Å². The highest BCUT2D eigenvalue weighted by molar-refractivity contribution is 7.71. The summed E-state index contributed by atoms with van der Waals surface area (Å²) < 4.78 is 31.7. The quantitative estimate of drug-likeness (QED) is 0.519. The van der Waals surface area contributed by atoms with Gasteiger partial charge in [0.2, 0.25) is 0 Å². The number of rotatable bonds is 2. The molecule has 106 valence electrons. The van der Waals surface area contributed by atoms with Crippen molar-refractivity contribution in [3.63, 3.8) is 0 Å². The van der Waals surface area contributed by atoms with Crippen LogP contribution < -0.4 is 5.69 Å². The van der Waals surface area contributed by atoms with E-state index < -0.39 is 47.0 Å². The normalized spacial score (nSPS) is 34.7. The van der Waals surface area contributed by atoms with Gasteiger partial charge in [0.15, 0.2) is 12.0 Å². The van der Waals surface area contributed by atoms with E-state index in [0.29, 0.717) is 10.8 Å². The van der Waals surface area contributed by atoms with Gasteiger partial charge in [0.1, 0.15) is 23.5 Å². The molecule has 10 heteroatoms. The molecule has 0 aliphatic carbocycles. The van der Waals surface area contributed by atoms with Crippen LogP contribution in [0.1, 0.15) is 6.23 Å². The van der Waals surface area contributed by atoms with Crippen LogP contribution in [0.25, 0.3) is 0 Å². The van der Waals surface area contributed by atoms with E-state index in [-0.39, 0.29) is 0 Å². The molecule has 0 unspecified atom stereocenters. The standard InChI is InChI=1S/C9H10F2N2O5S/c10-3-1-13(8(17)12-6(3)19)7-4(15)5(16)9(11,2-14)18-7/h1,4-5,7,14-16H,2H2,(H,12,17,19)/t4-,5+,7-,9-/m1/s1. The summed E-state index contributed by atoms with van der Waals surface area (Å²) in [4.78, 5) is 13.5. The Bertz CT molecular complexity index is 605. The van der Waals surface area contributed by atoms with Crippen LogP contribution >= 0.6 is 12.2 Å². The van der Waals surface area contributed by atoms with Crippen LogP contribution in [0, 0.1) is 10.5 Å². The Balaban J connectivity index is 2.47. The van der Waals surface area contributed by atoms with Gasteiger partial charge in [0.05, 0.1) is 6.20 Å². The van der Waals surface area contributed by atoms with Gasteiger partial charge in [0.25, 0.3) is 5.85 Å². The van der Waals surface area contributed by atoms with Crippen LogP contribution in [0.2, 0.25) is 0 Å². The van der Waals surface area contributed by atoms with Gasteiger partial charge in [-0.25, -0.2) is 13.6 Å². The van der Waals surface area contributed by atoms with Gasteiger partial charge in [0, 0.05) is 0 Å². The van der Waals surface area contributed by atoms with E-state index in [1.165, 1.54) is 0 Å². The van der Waals surface area contributed by atoms with Crippen molar-refractivity contribution in [3.05, 3.63) is 27.1 Å². The minimum Gasteiger partial charge on any atom is -0.390 e. The van der Waals surface area contributed by atoms with Crippen LogP contribution in [0.4, 0.5) is 8.78 Å². The minimum atomic E-state index is -2.94. The van der Waals surface area contributed by atoms with Gasteiger partial charge in [-0.2, -0.15) is 0 Å². The molecule has 1 aliphatic rings. The topological polar surface area (TPSA) is 108 Å². The molecule has 0 spiro atoms. The SMILES string of the molecule is O=c1[nH]c(=S)c(F)cn1[C@@H]1O[C@](F)(CO)[C@@H](O)[C@H]1O. The molecule has 0 amide bonds. The summed E-state index contributed by atoms with van der Waals surface area (Å²) >= 11 is 4.48. The summed E-state index contributed by atoms with van der Waals surface area (Å²) in [6, 6.07) is 0. The Morgan fingerprint density at radius 2 is 2.21 bits per heavy atom. The Morgan fingerprint density at radius 3 is 2.74 bits per heavy atom. The summed E-state index contributed by atoms with van der Waals surface area (Å²) in [5.74, 6) is -3.92. The lowest BCUT2D eigenvalue weighted by Gasteiger charge is -2.19. The number of ether oxygens (including phenoxy) is 1. The zero-order valence-electron chi connectivity index (χ0n) is 9.29. The van der Waals surface area contributed by atoms with Crippen LogP contribution in [0.5, 0.6) is 0 Å². The molecule has 0 radical (unpaired) electrons. The molecule has 1 aromatic rings. The van der Waals surface area contributed by atoms with Gasteiger partial charge >= 0.3 is 5.69 Å². The number of hydrogen-bond acceptors (Lipinski definition) is 6. The highest BCUT2D eigenvalue weighted by Gasteiger charge is 2.55. The average Bonchev–Trinajstić information content (AvgIpc) is 2.59. The summed E-state index contributed by atoms with van der Waals surface area (Å²) in [5.41, 5.74) is -0.954. The maximum atomic E-state index is 13.8. The summed E-state index contributed by atoms with van der Waals surface area (Å²) in [6.07, 6.45) is -5.02. The molecule has 19 heavy (non-hydrogen) atoms. The van der Waals surface area contributed by atoms with Gasteiger partial charge in [-0.15, -0.1) is 0 Å². The fourth-order valence-corrected chi connectivity index (χ4v) is 1.89. The summed E-state index contributed by atoms with van der Waals surface area (Å²) in [5, 5.41) is 27.8. The molecule has 0 saturated carbocycles. The highest BCUT2D eigenvalue weighted by atomic mass is 32.1. The molecule has 1 aliphatic heterocycles. The van der Waals surface area contributed by atoms with Crippen molar-refractivity contribution in [2.24, 2.45) is 0 Å². The van der Waals surface area contributed by atoms with Crippen LogP contribution in [-0.2, 0) is 4.74 Å². The predicted molar refractivity (Wildman–Crippen MR) is 58.9 cm³/mol. The van der Waals surface area contributed by atoms with E-state index in [9.17, 15) is 23.8 Å². The number of aromatic amines is 1. The van der Waals surface area contributed by atoms with E-state index >= 15 is 0 Å². The lowest BCUT2D eigenvalue weighted by Crippen LogP contribution is -2.42. The second-order valence-electron chi connectivity index (χ2n) is 4.03. The number of aliphatic hydroxyl groups excluding tert-OH is 3. The van der Waals surface area contributed by atoms with Crippen LogP contribution in [0.3, 0.4) is 0 Å². The first-order valence-electron chi connectivity index (χ1n) is 5.15. The van der Waals surface area contributed by atoms with E-state index in [2.05, 4.69) is 17.0 Å². The second-order valence-corrected chi connectivity index (χ2v) is 4.44. The van der Waals surface area contributed by atoms with Crippen molar-refractivity contribution in [3.8, 4) is 0 Å². The molecule has 7 nitrogen and oxygen atoms in total. The van der Waals surface area contributed by atoms with Crippen molar-refractivity contribution < 1.29 is 28.8 Å². The smallest absolute Gasteiger partial charge is 0.328 e. The number of nitrogens with one attached hydrogen (secondary N) is 1. The van der Waals surface area contributed by atoms with E-state index in [1.807, 2.05) is 4.98 Å². The maximum Gasteiger partial charge on any atom is 0.328 e. The minimum absolute atomic E-state index is 0.456. The largest absolute Gasteiger partial charge is 0.390 e. The Hall–Kier alpha value is -1.20. The number of hydrogen-bond donors (Lipinski definition) is 4. The monoisotopic (exact) mass is 296 g/mol. The fourth-order valence-electron chi connectivity index (χ4n) is 1.75. The summed E-state index contributed by atoms with van der Waals surface area (Å²) in [7, 11) is 0. The fraction of sp³-hybridized carbons (Fsp3) is 0.556. The third-order valence-electron chi connectivity index (χ3n) is 2.79. The molecule has 0 bridgehead atoms. The molecule has 2 rings (SSSR count). The first-order valence-corrected chi connectivity index (χ1v) is 5.55. The highest BCUT2D eigenvalue weighted by Crippen LogP contribution is 2.37. The first-order chi connectivity index (χ1) is 8.80. The molecule has 0 aromatic carbocycles. The zero-order valence-corrected chi connectivity index (χ0v) is 10.1. The van der Waals surface area contributed by atoms with Crippen molar-refractivity contribution in [1.29, 1.82) is 0 Å². The molecular weight excluding hydrogens is 286 g/mol. The number of nitrogens with zero attached hydrogens (tertiary/aromatic N) is 1. The lowest BCUT2D eigenvalue weighted by molar-refractivity contribution is -0.207. The number of alkyl halides is 1. The molecule has 4 atom stereocenters. The number of aliphatic hydroxyl groups is 3. The lowest BCUT2D eigenvalue weighted by atomic mass is 10.1. The molecule has 1 fully saturated rings. The van der Waals surface area contributed by atoms with Crippen molar-refractivity contribution in [1.82, 2.24) is 9.55 Å². The van der Waals surface area contributed by atoms with Gasteiger partial charge in [-0.3, -0.25) is 9.55 Å². The number of halogens is 2. The van der Waals surface area contributed by atoms with Gasteiger partial charge < -0.3 is 20.1 Å². The second kappa shape index (κ2) is 4.72. The zero-order chi connectivity index (χ0) is 14.4. The maximum absolute atomic E-state index is 13.8. The van der Waals surface area contributed by atoms with Crippen molar-refractivity contribution in [2.75, 3.05) is 6.61 Å². The van der Waals surface area contributed by atoms with Crippen LogP contribution in [0.15, 0.2) is 11.0 Å². The summed E-state index contributed by atoms with van der Waals surface area (Å²) in [6.45, 7) is -1.23. The van der Waals surface area contributed by atoms with Crippen LogP contribution in [-0.4, -0.2) is 49.5 Å². The van der Waals surface area contributed by atoms with E-state index in [1.54, 1.807) is 0 Å². The third-order valence-corrected chi connectivity index (χ3v) is 3.09. The number of aromatic nitrogens is 2. The van der Waals surface area contributed by atoms with E-state index in [4.69, 9.17) is 5.11 Å². The van der Waals surface area contributed by atoms with E-state index in [0.717, 1.165) is 0 Å². The van der Waals surface area contributed by atoms with Crippen molar-refractivity contribution >= 4 is 12.2 Å². The third kappa shape index (κ3) is 2.21. The molecular formula is C9H10F2N2O5S. The molecule has 2 heterocycles. The first kappa shape index (κ1) is 14.2. The predicted octanol–water partition coefficient (Wildman–Crippen LogP) is -1.05. The molecule has 1 aromatic heterocycles. The Kier molecular flexibility index (Phi) is 3.53. The Morgan fingerprint density at radius 1 is 1.58 bits per heavy atom.